The van der Waals surface area contributed by atoms with Gasteiger partial charge in [-0.25, -0.2) is 8.42 Å². The molecule has 3 aromatic carbocycles. The summed E-state index contributed by atoms with van der Waals surface area (Å²) in [6, 6.07) is 23.0. The summed E-state index contributed by atoms with van der Waals surface area (Å²) in [7, 11) is -3.83. The standard InChI is InChI=1S/C32H41N3O5S/c1-6-40-29-17-15-28(16-18-29)35(41(5,38)39)23-31(36)34(22-27-14-10-11-25(4)19-27)30(32(37)33-21-24(2)3)20-26-12-8-7-9-13-26/h7-19,24,30H,6,20-23H2,1-5H3,(H,33,37)/t30-/m0/s1. The number of rotatable bonds is 14. The fourth-order valence-electron chi connectivity index (χ4n) is 4.47. The third-order valence-corrected chi connectivity index (χ3v) is 7.65. The molecule has 0 unspecified atom stereocenters. The molecule has 3 aromatic rings. The molecule has 220 valence electrons. The molecule has 0 heterocycles. The summed E-state index contributed by atoms with van der Waals surface area (Å²) < 4.78 is 32.4. The summed E-state index contributed by atoms with van der Waals surface area (Å²) >= 11 is 0. The summed E-state index contributed by atoms with van der Waals surface area (Å²) in [4.78, 5) is 29.3. The lowest BCUT2D eigenvalue weighted by molar-refractivity contribution is -0.140. The quantitative estimate of drug-likeness (QED) is 0.302. The molecule has 0 aliphatic carbocycles. The number of nitrogens with zero attached hydrogens (tertiary/aromatic N) is 2. The normalized spacial score (nSPS) is 12.0. The Kier molecular flexibility index (Phi) is 11.3. The molecule has 1 N–H and O–H groups in total. The van der Waals surface area contributed by atoms with Gasteiger partial charge in [0.15, 0.2) is 0 Å². The zero-order valence-corrected chi connectivity index (χ0v) is 25.4. The second-order valence-corrected chi connectivity index (χ2v) is 12.5. The lowest BCUT2D eigenvalue weighted by Gasteiger charge is -2.33. The van der Waals surface area contributed by atoms with Crippen LogP contribution in [0.25, 0.3) is 0 Å². The van der Waals surface area contributed by atoms with Crippen molar-refractivity contribution < 1.29 is 22.7 Å². The van der Waals surface area contributed by atoms with Gasteiger partial charge in [-0.1, -0.05) is 74.0 Å². The molecular formula is C32H41N3O5S. The number of carbonyl (C=O) groups is 2. The Hall–Kier alpha value is -3.85. The predicted octanol–water partition coefficient (Wildman–Crippen LogP) is 4.57. The first-order valence-electron chi connectivity index (χ1n) is 13.8. The molecule has 0 saturated carbocycles. The van der Waals surface area contributed by atoms with Gasteiger partial charge in [0.1, 0.15) is 18.3 Å². The zero-order chi connectivity index (χ0) is 30.0. The summed E-state index contributed by atoms with van der Waals surface area (Å²) in [5.41, 5.74) is 3.10. The number of nitrogens with one attached hydrogen (secondary N) is 1. The number of amides is 2. The molecule has 1 atom stereocenters. The Balaban J connectivity index is 2.02. The highest BCUT2D eigenvalue weighted by atomic mass is 32.2. The van der Waals surface area contributed by atoms with E-state index in [2.05, 4.69) is 5.32 Å². The Morgan fingerprint density at radius 1 is 0.927 bits per heavy atom. The minimum Gasteiger partial charge on any atom is -0.494 e. The number of sulfonamides is 1. The number of ether oxygens (including phenoxy) is 1. The molecule has 41 heavy (non-hydrogen) atoms. The van der Waals surface area contributed by atoms with Crippen molar-refractivity contribution in [3.05, 3.63) is 95.6 Å². The zero-order valence-electron chi connectivity index (χ0n) is 24.5. The van der Waals surface area contributed by atoms with Crippen molar-refractivity contribution in [3.63, 3.8) is 0 Å². The van der Waals surface area contributed by atoms with E-state index in [4.69, 9.17) is 4.74 Å². The summed E-state index contributed by atoms with van der Waals surface area (Å²) in [6.07, 6.45) is 1.35. The van der Waals surface area contributed by atoms with Crippen molar-refractivity contribution in [2.75, 3.05) is 30.3 Å². The van der Waals surface area contributed by atoms with E-state index in [-0.39, 0.29) is 24.8 Å². The number of hydrogen-bond donors (Lipinski definition) is 1. The first kappa shape index (κ1) is 31.7. The van der Waals surface area contributed by atoms with Gasteiger partial charge in [-0.3, -0.25) is 13.9 Å². The predicted molar refractivity (Wildman–Crippen MR) is 163 cm³/mol. The lowest BCUT2D eigenvalue weighted by atomic mass is 10.0. The molecule has 0 aliphatic rings. The molecule has 0 aromatic heterocycles. The van der Waals surface area contributed by atoms with Crippen molar-refractivity contribution in [1.82, 2.24) is 10.2 Å². The highest BCUT2D eigenvalue weighted by molar-refractivity contribution is 7.92. The highest BCUT2D eigenvalue weighted by Crippen LogP contribution is 2.23. The van der Waals surface area contributed by atoms with Crippen LogP contribution in [0.1, 0.15) is 37.5 Å². The number of aryl methyl sites for hydroxylation is 1. The molecule has 8 nitrogen and oxygen atoms in total. The van der Waals surface area contributed by atoms with Crippen molar-refractivity contribution in [2.24, 2.45) is 5.92 Å². The van der Waals surface area contributed by atoms with Gasteiger partial charge < -0.3 is 15.0 Å². The van der Waals surface area contributed by atoms with Gasteiger partial charge in [0.25, 0.3) is 0 Å². The highest BCUT2D eigenvalue weighted by Gasteiger charge is 2.33. The van der Waals surface area contributed by atoms with E-state index in [1.165, 1.54) is 4.90 Å². The first-order chi connectivity index (χ1) is 19.5. The second kappa shape index (κ2) is 14.7. The molecule has 0 radical (unpaired) electrons. The third kappa shape index (κ3) is 9.63. The minimum absolute atomic E-state index is 0.147. The van der Waals surface area contributed by atoms with Gasteiger partial charge in [-0.2, -0.15) is 0 Å². The van der Waals surface area contributed by atoms with Crippen LogP contribution in [0.15, 0.2) is 78.9 Å². The van der Waals surface area contributed by atoms with Crippen molar-refractivity contribution in [3.8, 4) is 5.75 Å². The Labute approximate surface area is 244 Å². The van der Waals surface area contributed by atoms with Gasteiger partial charge in [0.2, 0.25) is 21.8 Å². The smallest absolute Gasteiger partial charge is 0.244 e. The van der Waals surface area contributed by atoms with Crippen LogP contribution >= 0.6 is 0 Å². The van der Waals surface area contributed by atoms with Crippen molar-refractivity contribution in [2.45, 2.75) is 46.7 Å². The second-order valence-electron chi connectivity index (χ2n) is 10.6. The Bertz CT molecular complexity index is 1390. The maximum Gasteiger partial charge on any atom is 0.244 e. The van der Waals surface area contributed by atoms with Crippen molar-refractivity contribution >= 4 is 27.5 Å². The molecule has 0 fully saturated rings. The fourth-order valence-corrected chi connectivity index (χ4v) is 5.32. The fraction of sp³-hybridized carbons (Fsp3) is 0.375. The van der Waals surface area contributed by atoms with Gasteiger partial charge in [-0.15, -0.1) is 0 Å². The molecule has 0 saturated heterocycles. The van der Waals surface area contributed by atoms with Gasteiger partial charge in [-0.05, 0) is 55.2 Å². The van der Waals surface area contributed by atoms with Crippen molar-refractivity contribution in [1.29, 1.82) is 0 Å². The molecule has 9 heteroatoms. The molecular weight excluding hydrogens is 538 g/mol. The van der Waals surface area contributed by atoms with E-state index >= 15 is 0 Å². The Morgan fingerprint density at radius 2 is 1.59 bits per heavy atom. The summed E-state index contributed by atoms with van der Waals surface area (Å²) in [6.45, 7) is 8.45. The monoisotopic (exact) mass is 579 g/mol. The maximum atomic E-state index is 14.1. The molecule has 0 spiro atoms. The van der Waals surface area contributed by atoms with Crippen LogP contribution < -0.4 is 14.4 Å². The van der Waals surface area contributed by atoms with E-state index in [9.17, 15) is 18.0 Å². The third-order valence-electron chi connectivity index (χ3n) is 6.51. The van der Waals surface area contributed by atoms with Crippen LogP contribution in [0, 0.1) is 12.8 Å². The van der Waals surface area contributed by atoms with E-state index in [1.54, 1.807) is 24.3 Å². The summed E-state index contributed by atoms with van der Waals surface area (Å²) in [5, 5.41) is 2.99. The van der Waals surface area contributed by atoms with Crippen LogP contribution in [0.4, 0.5) is 5.69 Å². The van der Waals surface area contributed by atoms with E-state index in [1.807, 2.05) is 82.3 Å². The average Bonchev–Trinajstić information content (AvgIpc) is 2.93. The number of anilines is 1. The van der Waals surface area contributed by atoms with Crippen LogP contribution in [-0.4, -0.2) is 57.1 Å². The number of carbonyl (C=O) groups excluding carboxylic acids is 2. The largest absolute Gasteiger partial charge is 0.494 e. The number of hydrogen-bond acceptors (Lipinski definition) is 5. The van der Waals surface area contributed by atoms with Gasteiger partial charge in [0.05, 0.1) is 18.6 Å². The van der Waals surface area contributed by atoms with Gasteiger partial charge in [0, 0.05) is 19.5 Å². The SMILES string of the molecule is CCOc1ccc(N(CC(=O)N(Cc2cccc(C)c2)[C@@H](Cc2ccccc2)C(=O)NCC(C)C)S(C)(=O)=O)cc1. The Morgan fingerprint density at radius 3 is 2.17 bits per heavy atom. The number of benzene rings is 3. The molecule has 0 bridgehead atoms. The maximum absolute atomic E-state index is 14.1. The van der Waals surface area contributed by atoms with E-state index in [0.29, 0.717) is 24.6 Å². The van der Waals surface area contributed by atoms with Crippen LogP contribution in [0.3, 0.4) is 0 Å². The van der Waals surface area contributed by atoms with Gasteiger partial charge >= 0.3 is 0 Å². The molecule has 3 rings (SSSR count). The van der Waals surface area contributed by atoms with Crippen LogP contribution in [0.5, 0.6) is 5.75 Å². The van der Waals surface area contributed by atoms with Crippen LogP contribution in [0.2, 0.25) is 0 Å². The topological polar surface area (TPSA) is 96.0 Å². The molecule has 2 amide bonds. The lowest BCUT2D eigenvalue weighted by Crippen LogP contribution is -2.53. The minimum atomic E-state index is -3.83. The summed E-state index contributed by atoms with van der Waals surface area (Å²) in [5.74, 6) is 0.0569. The van der Waals surface area contributed by atoms with Crippen LogP contribution in [-0.2, 0) is 32.6 Å². The average molecular weight is 580 g/mol. The molecule has 0 aliphatic heterocycles. The van der Waals surface area contributed by atoms with E-state index in [0.717, 1.165) is 27.3 Å². The first-order valence-corrected chi connectivity index (χ1v) is 15.7. The van der Waals surface area contributed by atoms with E-state index < -0.39 is 28.5 Å².